The predicted molar refractivity (Wildman–Crippen MR) is 78.0 cm³/mol. The first kappa shape index (κ1) is 13.1. The first-order valence-electron chi connectivity index (χ1n) is 7.40. The van der Waals surface area contributed by atoms with Crippen molar-refractivity contribution in [1.29, 1.82) is 0 Å². The Balaban J connectivity index is 1.88. The molecule has 1 saturated carbocycles. The van der Waals surface area contributed by atoms with E-state index in [-0.39, 0.29) is 5.69 Å². The smallest absolute Gasteiger partial charge is 0.349 e. The van der Waals surface area contributed by atoms with E-state index >= 15 is 0 Å². The second kappa shape index (κ2) is 5.26. The molecule has 0 amide bonds. The van der Waals surface area contributed by atoms with Crippen LogP contribution in [0.25, 0.3) is 5.65 Å². The molecular weight excluding hydrogens is 254 g/mol. The molecule has 6 nitrogen and oxygen atoms in total. The molecule has 108 valence electrons. The minimum Gasteiger partial charge on any atom is -0.367 e. The maximum absolute atomic E-state index is 11.6. The summed E-state index contributed by atoms with van der Waals surface area (Å²) in [5.74, 6) is 2.19. The van der Waals surface area contributed by atoms with E-state index in [2.05, 4.69) is 27.4 Å². The van der Waals surface area contributed by atoms with Crippen LogP contribution in [0.1, 0.15) is 44.9 Å². The summed E-state index contributed by atoms with van der Waals surface area (Å²) in [4.78, 5) is 16.1. The summed E-state index contributed by atoms with van der Waals surface area (Å²) in [6, 6.07) is 2.32. The van der Waals surface area contributed by atoms with Crippen molar-refractivity contribution < 1.29 is 0 Å². The number of fused-ring (bicyclic) bond motifs is 1. The lowest BCUT2D eigenvalue weighted by atomic mass is 9.83. The van der Waals surface area contributed by atoms with Crippen LogP contribution in [-0.4, -0.2) is 25.6 Å². The van der Waals surface area contributed by atoms with Crippen molar-refractivity contribution in [3.8, 4) is 0 Å². The van der Waals surface area contributed by atoms with E-state index in [4.69, 9.17) is 0 Å². The summed E-state index contributed by atoms with van der Waals surface area (Å²) in [6.45, 7) is 4.08. The van der Waals surface area contributed by atoms with Crippen molar-refractivity contribution in [1.82, 2.24) is 19.6 Å². The van der Waals surface area contributed by atoms with E-state index in [0.29, 0.717) is 23.4 Å². The van der Waals surface area contributed by atoms with Crippen molar-refractivity contribution in [3.05, 3.63) is 22.4 Å². The van der Waals surface area contributed by atoms with Gasteiger partial charge in [0.1, 0.15) is 11.6 Å². The highest BCUT2D eigenvalue weighted by Gasteiger charge is 2.24. The summed E-state index contributed by atoms with van der Waals surface area (Å²) < 4.78 is 1.49. The highest BCUT2D eigenvalue weighted by Crippen LogP contribution is 2.29. The quantitative estimate of drug-likeness (QED) is 0.899. The lowest BCUT2D eigenvalue weighted by molar-refractivity contribution is 0.317. The Kier molecular flexibility index (Phi) is 3.46. The Morgan fingerprint density at radius 2 is 2.25 bits per heavy atom. The molecule has 1 fully saturated rings. The molecule has 2 aromatic heterocycles. The Morgan fingerprint density at radius 1 is 1.45 bits per heavy atom. The first-order chi connectivity index (χ1) is 9.69. The largest absolute Gasteiger partial charge is 0.367 e. The standard InChI is InChI=1S/C14H21N5O/c1-3-10-6-4-5-7-11(10)16-12-8-13-17-18-14(20)19(13)9(2)15-12/h8,10-11,16H,3-7H2,1-2H3,(H,18,20). The normalized spacial score (nSPS) is 23.1. The molecule has 1 aliphatic carbocycles. The Hall–Kier alpha value is -1.85. The highest BCUT2D eigenvalue weighted by molar-refractivity contribution is 5.50. The van der Waals surface area contributed by atoms with E-state index < -0.39 is 0 Å². The molecule has 2 heterocycles. The fourth-order valence-electron chi connectivity index (χ4n) is 3.25. The minimum absolute atomic E-state index is 0.236. The van der Waals surface area contributed by atoms with Gasteiger partial charge in [0.15, 0.2) is 5.65 Å². The average molecular weight is 275 g/mol. The summed E-state index contributed by atoms with van der Waals surface area (Å²) in [7, 11) is 0. The Labute approximate surface area is 117 Å². The second-order valence-electron chi connectivity index (χ2n) is 5.61. The van der Waals surface area contributed by atoms with Crippen LogP contribution >= 0.6 is 0 Å². The highest BCUT2D eigenvalue weighted by atomic mass is 16.1. The van der Waals surface area contributed by atoms with Gasteiger partial charge in [0.05, 0.1) is 0 Å². The van der Waals surface area contributed by atoms with Crippen LogP contribution < -0.4 is 11.0 Å². The maximum atomic E-state index is 11.6. The number of aromatic amines is 1. The van der Waals surface area contributed by atoms with Crippen LogP contribution in [-0.2, 0) is 0 Å². The molecule has 0 spiro atoms. The minimum atomic E-state index is -0.236. The van der Waals surface area contributed by atoms with Crippen LogP contribution in [0.4, 0.5) is 5.82 Å². The molecule has 6 heteroatoms. The van der Waals surface area contributed by atoms with Gasteiger partial charge in [-0.2, -0.15) is 5.10 Å². The summed E-state index contributed by atoms with van der Waals surface area (Å²) in [5, 5.41) is 10.0. The number of hydrogen-bond donors (Lipinski definition) is 2. The number of aryl methyl sites for hydroxylation is 1. The van der Waals surface area contributed by atoms with Crippen molar-refractivity contribution in [3.63, 3.8) is 0 Å². The van der Waals surface area contributed by atoms with Crippen LogP contribution in [0.5, 0.6) is 0 Å². The zero-order chi connectivity index (χ0) is 14.1. The Morgan fingerprint density at radius 3 is 3.05 bits per heavy atom. The third-order valence-corrected chi connectivity index (χ3v) is 4.34. The first-order valence-corrected chi connectivity index (χ1v) is 7.40. The van der Waals surface area contributed by atoms with E-state index in [1.807, 2.05) is 13.0 Å². The van der Waals surface area contributed by atoms with Gasteiger partial charge in [0.25, 0.3) is 0 Å². The second-order valence-corrected chi connectivity index (χ2v) is 5.61. The van der Waals surface area contributed by atoms with Crippen LogP contribution in [0.15, 0.2) is 10.9 Å². The molecule has 0 bridgehead atoms. The van der Waals surface area contributed by atoms with Gasteiger partial charge in [-0.3, -0.25) is 0 Å². The van der Waals surface area contributed by atoms with Gasteiger partial charge in [-0.1, -0.05) is 26.2 Å². The van der Waals surface area contributed by atoms with E-state index in [1.54, 1.807) is 0 Å². The molecule has 0 saturated heterocycles. The Bertz CT molecular complexity index is 659. The summed E-state index contributed by atoms with van der Waals surface area (Å²) >= 11 is 0. The number of aromatic nitrogens is 4. The molecule has 0 aromatic carbocycles. The lowest BCUT2D eigenvalue weighted by Gasteiger charge is -2.31. The molecular formula is C14H21N5O. The van der Waals surface area contributed by atoms with Gasteiger partial charge in [0, 0.05) is 12.1 Å². The molecule has 0 aliphatic heterocycles. The van der Waals surface area contributed by atoms with Crippen molar-refractivity contribution >= 4 is 11.5 Å². The molecule has 0 radical (unpaired) electrons. The van der Waals surface area contributed by atoms with E-state index in [0.717, 1.165) is 5.82 Å². The lowest BCUT2D eigenvalue weighted by Crippen LogP contribution is -2.32. The number of nitrogens with one attached hydrogen (secondary N) is 2. The SMILES string of the molecule is CCC1CCCCC1Nc1cc2n[nH]c(=O)n2c(C)n1. The summed E-state index contributed by atoms with van der Waals surface area (Å²) in [6.07, 6.45) is 6.28. The van der Waals surface area contributed by atoms with Gasteiger partial charge in [-0.25, -0.2) is 19.3 Å². The molecule has 2 aromatic rings. The van der Waals surface area contributed by atoms with E-state index in [9.17, 15) is 4.79 Å². The van der Waals surface area contributed by atoms with Gasteiger partial charge >= 0.3 is 5.69 Å². The predicted octanol–water partition coefficient (Wildman–Crippen LogP) is 2.11. The fourth-order valence-corrected chi connectivity index (χ4v) is 3.25. The van der Waals surface area contributed by atoms with Crippen molar-refractivity contribution in [2.45, 2.75) is 52.0 Å². The summed E-state index contributed by atoms with van der Waals surface area (Å²) in [5.41, 5.74) is 0.384. The zero-order valence-electron chi connectivity index (χ0n) is 12.0. The van der Waals surface area contributed by atoms with Crippen LogP contribution in [0, 0.1) is 12.8 Å². The van der Waals surface area contributed by atoms with Gasteiger partial charge in [-0.15, -0.1) is 0 Å². The monoisotopic (exact) mass is 275 g/mol. The molecule has 1 aliphatic rings. The number of anilines is 1. The van der Waals surface area contributed by atoms with Crippen molar-refractivity contribution in [2.75, 3.05) is 5.32 Å². The van der Waals surface area contributed by atoms with Gasteiger partial charge in [-0.05, 0) is 25.7 Å². The molecule has 20 heavy (non-hydrogen) atoms. The molecule has 2 N–H and O–H groups in total. The number of rotatable bonds is 3. The molecule has 2 unspecified atom stereocenters. The topological polar surface area (TPSA) is 75.1 Å². The number of H-pyrrole nitrogens is 1. The third-order valence-electron chi connectivity index (χ3n) is 4.34. The van der Waals surface area contributed by atoms with Crippen LogP contribution in [0.2, 0.25) is 0 Å². The van der Waals surface area contributed by atoms with Crippen LogP contribution in [0.3, 0.4) is 0 Å². The van der Waals surface area contributed by atoms with Gasteiger partial charge < -0.3 is 5.32 Å². The molecule has 3 rings (SSSR count). The van der Waals surface area contributed by atoms with Crippen molar-refractivity contribution in [2.24, 2.45) is 5.92 Å². The molecule has 2 atom stereocenters. The third kappa shape index (κ3) is 2.30. The number of hydrogen-bond acceptors (Lipinski definition) is 4. The van der Waals surface area contributed by atoms with Gasteiger partial charge in [0.2, 0.25) is 0 Å². The fraction of sp³-hybridized carbons (Fsp3) is 0.643. The maximum Gasteiger partial charge on any atom is 0.349 e. The number of nitrogens with zero attached hydrogens (tertiary/aromatic N) is 3. The average Bonchev–Trinajstić information content (AvgIpc) is 2.81. The van der Waals surface area contributed by atoms with E-state index in [1.165, 1.54) is 36.5 Å². The zero-order valence-corrected chi connectivity index (χ0v) is 12.0.